The first-order valence-electron chi connectivity index (χ1n) is 3.63. The van der Waals surface area contributed by atoms with Gasteiger partial charge in [0.1, 0.15) is 0 Å². The molecule has 0 saturated carbocycles. The number of hydrogen-bond acceptors (Lipinski definition) is 1. The maximum Gasteiger partial charge on any atom is 1.00 e. The van der Waals surface area contributed by atoms with Crippen molar-refractivity contribution < 1.29 is 64.3 Å². The van der Waals surface area contributed by atoms with Gasteiger partial charge < -0.3 is 18.7 Å². The van der Waals surface area contributed by atoms with Crippen molar-refractivity contribution in [3.05, 3.63) is 27.3 Å². The molecular weight excluding hydrogens is 332 g/mol. The maximum absolute atomic E-state index is 12.3. The predicted octanol–water partition coefficient (Wildman–Crippen LogP) is -1.19. The van der Waals surface area contributed by atoms with Gasteiger partial charge in [0.05, 0.1) is 0 Å². The van der Waals surface area contributed by atoms with E-state index in [2.05, 4.69) is 0 Å². The van der Waals surface area contributed by atoms with Gasteiger partial charge in [0.15, 0.2) is 0 Å². The van der Waals surface area contributed by atoms with Crippen LogP contribution in [0.2, 0.25) is 0 Å². The minimum absolute atomic E-state index is 0. The molecule has 0 aliphatic carbocycles. The van der Waals surface area contributed by atoms with Crippen LogP contribution < -0.4 is 62.6 Å². The molecule has 0 fully saturated rings. The van der Waals surface area contributed by atoms with Crippen molar-refractivity contribution in [2.45, 2.75) is 6.54 Å². The Kier molecular flexibility index (Phi) is 6.84. The standard InChI is InChI=1S/C7H7BF3IN.K/c9-8(10,11)6-1-5(4-13)2-7(12)3-6;/h1-3H,4,13H2;/q-1;+1. The van der Waals surface area contributed by atoms with Gasteiger partial charge in [-0.2, -0.15) is 0 Å². The first-order chi connectivity index (χ1) is 5.93. The van der Waals surface area contributed by atoms with Crippen LogP contribution in [0.25, 0.3) is 0 Å². The smallest absolute Gasteiger partial charge is 0.445 e. The van der Waals surface area contributed by atoms with Crippen LogP contribution in [0.1, 0.15) is 5.56 Å². The number of hydrogen-bond donors (Lipinski definition) is 1. The van der Waals surface area contributed by atoms with E-state index in [1.807, 2.05) is 22.6 Å². The molecule has 0 spiro atoms. The molecule has 0 heterocycles. The second kappa shape index (κ2) is 6.21. The Balaban J connectivity index is 0.00000169. The summed E-state index contributed by atoms with van der Waals surface area (Å²) in [6.45, 7) is -4.78. The van der Waals surface area contributed by atoms with Crippen molar-refractivity contribution in [3.8, 4) is 0 Å². The Labute approximate surface area is 137 Å². The summed E-state index contributed by atoms with van der Waals surface area (Å²) in [6, 6.07) is 3.87. The zero-order chi connectivity index (χ0) is 10.1. The molecule has 0 atom stereocenters. The zero-order valence-corrected chi connectivity index (χ0v) is 12.9. The van der Waals surface area contributed by atoms with Crippen molar-refractivity contribution >= 4 is 35.0 Å². The molecule has 0 bridgehead atoms. The molecule has 72 valence electrons. The van der Waals surface area contributed by atoms with Crippen LogP contribution in [0.3, 0.4) is 0 Å². The maximum atomic E-state index is 12.3. The van der Waals surface area contributed by atoms with Crippen molar-refractivity contribution in [1.29, 1.82) is 0 Å². The third kappa shape index (κ3) is 4.50. The number of benzene rings is 1. The summed E-state index contributed by atoms with van der Waals surface area (Å²) in [7, 11) is 0. The quantitative estimate of drug-likeness (QED) is 0.532. The monoisotopic (exact) mass is 339 g/mol. The third-order valence-corrected chi connectivity index (χ3v) is 2.22. The molecule has 0 aromatic heterocycles. The van der Waals surface area contributed by atoms with E-state index in [1.165, 1.54) is 0 Å². The molecule has 0 radical (unpaired) electrons. The topological polar surface area (TPSA) is 26.0 Å². The summed E-state index contributed by atoms with van der Waals surface area (Å²) >= 11 is 1.85. The molecule has 0 aliphatic rings. The van der Waals surface area contributed by atoms with Gasteiger partial charge in [-0.3, -0.25) is 0 Å². The number of halogens is 4. The van der Waals surface area contributed by atoms with Gasteiger partial charge in [0.25, 0.3) is 0 Å². The van der Waals surface area contributed by atoms with Crippen LogP contribution in [0, 0.1) is 3.57 Å². The van der Waals surface area contributed by atoms with Gasteiger partial charge in [0, 0.05) is 10.1 Å². The van der Waals surface area contributed by atoms with Gasteiger partial charge in [-0.1, -0.05) is 12.1 Å². The summed E-state index contributed by atoms with van der Waals surface area (Å²) < 4.78 is 37.5. The molecule has 0 aliphatic heterocycles. The summed E-state index contributed by atoms with van der Waals surface area (Å²) in [5, 5.41) is 0. The molecule has 2 N–H and O–H groups in total. The Morgan fingerprint density at radius 1 is 1.21 bits per heavy atom. The van der Waals surface area contributed by atoms with E-state index < -0.39 is 12.4 Å². The summed E-state index contributed by atoms with van der Waals surface area (Å²) in [5.41, 5.74) is 5.21. The number of rotatable bonds is 2. The second-order valence-corrected chi connectivity index (χ2v) is 3.92. The molecule has 1 aromatic rings. The van der Waals surface area contributed by atoms with Crippen LogP contribution in [0.15, 0.2) is 18.2 Å². The van der Waals surface area contributed by atoms with Crippen LogP contribution in [-0.4, -0.2) is 6.98 Å². The zero-order valence-electron chi connectivity index (χ0n) is 7.61. The van der Waals surface area contributed by atoms with E-state index in [4.69, 9.17) is 5.73 Å². The Hall–Kier alpha value is 1.40. The minimum atomic E-state index is -4.91. The number of nitrogens with two attached hydrogens (primary N) is 1. The molecule has 7 heteroatoms. The fraction of sp³-hybridized carbons (Fsp3) is 0.143. The molecule has 0 unspecified atom stereocenters. The Morgan fingerprint density at radius 3 is 2.21 bits per heavy atom. The van der Waals surface area contributed by atoms with Gasteiger partial charge in [0.2, 0.25) is 0 Å². The fourth-order valence-corrected chi connectivity index (χ4v) is 1.74. The molecule has 0 saturated heterocycles. The molecule has 0 amide bonds. The third-order valence-electron chi connectivity index (χ3n) is 1.59. The Bertz CT molecular complexity index is 318. The SMILES string of the molecule is NCc1cc(I)cc([B-](F)(F)F)c1.[K+]. The van der Waals surface area contributed by atoms with Crippen LogP contribution in [0.5, 0.6) is 0 Å². The van der Waals surface area contributed by atoms with E-state index in [-0.39, 0.29) is 57.9 Å². The van der Waals surface area contributed by atoms with E-state index >= 15 is 0 Å². The van der Waals surface area contributed by atoms with E-state index in [9.17, 15) is 12.9 Å². The summed E-state index contributed by atoms with van der Waals surface area (Å²) in [5.74, 6) is 0. The normalized spacial score (nSPS) is 10.9. The minimum Gasteiger partial charge on any atom is -0.445 e. The molecular formula is C7H7BF3IKN. The second-order valence-electron chi connectivity index (χ2n) is 2.67. The van der Waals surface area contributed by atoms with Crippen LogP contribution in [-0.2, 0) is 6.54 Å². The summed E-state index contributed by atoms with van der Waals surface area (Å²) in [4.78, 5) is 0. The average molecular weight is 339 g/mol. The van der Waals surface area contributed by atoms with Crippen molar-refractivity contribution in [2.75, 3.05) is 0 Å². The average Bonchev–Trinajstić information content (AvgIpc) is 2.01. The predicted molar refractivity (Wildman–Crippen MR) is 55.8 cm³/mol. The van der Waals surface area contributed by atoms with E-state index in [1.54, 1.807) is 6.07 Å². The molecule has 14 heavy (non-hydrogen) atoms. The Morgan fingerprint density at radius 2 is 1.79 bits per heavy atom. The van der Waals surface area contributed by atoms with Crippen molar-refractivity contribution in [2.24, 2.45) is 5.73 Å². The molecule has 1 aromatic carbocycles. The molecule has 1 rings (SSSR count). The fourth-order valence-electron chi connectivity index (χ4n) is 0.982. The van der Waals surface area contributed by atoms with Gasteiger partial charge in [-0.15, -0.1) is 5.46 Å². The van der Waals surface area contributed by atoms with Gasteiger partial charge >= 0.3 is 58.4 Å². The molecule has 1 nitrogen and oxygen atoms in total. The first kappa shape index (κ1) is 15.4. The van der Waals surface area contributed by atoms with Crippen LogP contribution >= 0.6 is 22.6 Å². The first-order valence-corrected chi connectivity index (χ1v) is 4.70. The van der Waals surface area contributed by atoms with Gasteiger partial charge in [-0.05, 0) is 34.2 Å². The largest absolute Gasteiger partial charge is 1.00 e. The van der Waals surface area contributed by atoms with Crippen LogP contribution in [0.4, 0.5) is 12.9 Å². The van der Waals surface area contributed by atoms with Crippen molar-refractivity contribution in [1.82, 2.24) is 0 Å². The van der Waals surface area contributed by atoms with E-state index in [0.717, 1.165) is 12.1 Å². The summed E-state index contributed by atoms with van der Waals surface area (Å²) in [6.07, 6.45) is 0. The van der Waals surface area contributed by atoms with E-state index in [0.29, 0.717) is 9.13 Å². The van der Waals surface area contributed by atoms with Crippen molar-refractivity contribution in [3.63, 3.8) is 0 Å². The van der Waals surface area contributed by atoms with Gasteiger partial charge in [-0.25, -0.2) is 0 Å².